The maximum absolute atomic E-state index is 13.7. The van der Waals surface area contributed by atoms with E-state index in [1.165, 1.54) is 17.4 Å². The van der Waals surface area contributed by atoms with Crippen LogP contribution in [0.4, 0.5) is 9.52 Å². The number of nitrogens with zero attached hydrogens (tertiary/aromatic N) is 1. The summed E-state index contributed by atoms with van der Waals surface area (Å²) >= 11 is 1.38. The Kier molecular flexibility index (Phi) is 4.49. The first-order chi connectivity index (χ1) is 10.6. The highest BCUT2D eigenvalue weighted by Gasteiger charge is 2.24. The first-order valence-corrected chi connectivity index (χ1v) is 8.07. The van der Waals surface area contributed by atoms with Crippen molar-refractivity contribution < 1.29 is 13.9 Å². The number of thiazole rings is 1. The van der Waals surface area contributed by atoms with E-state index < -0.39 is 0 Å². The zero-order chi connectivity index (χ0) is 15.5. The third-order valence-electron chi connectivity index (χ3n) is 3.65. The summed E-state index contributed by atoms with van der Waals surface area (Å²) in [4.78, 5) is 17.3. The quantitative estimate of drug-likeness (QED) is 0.940. The zero-order valence-electron chi connectivity index (χ0n) is 12.3. The van der Waals surface area contributed by atoms with Crippen LogP contribution in [0.1, 0.15) is 29.0 Å². The van der Waals surface area contributed by atoms with Crippen LogP contribution in [0.3, 0.4) is 0 Å². The molecule has 1 amide bonds. The van der Waals surface area contributed by atoms with Gasteiger partial charge in [-0.25, -0.2) is 9.37 Å². The molecule has 2 heterocycles. The molecule has 4 nitrogen and oxygen atoms in total. The van der Waals surface area contributed by atoms with Crippen molar-refractivity contribution in [3.63, 3.8) is 0 Å². The van der Waals surface area contributed by atoms with Crippen molar-refractivity contribution in [3.8, 4) is 0 Å². The Morgan fingerprint density at radius 3 is 3.05 bits per heavy atom. The van der Waals surface area contributed by atoms with Crippen molar-refractivity contribution in [3.05, 3.63) is 46.2 Å². The van der Waals surface area contributed by atoms with Crippen molar-refractivity contribution in [2.45, 2.75) is 32.3 Å². The molecular weight excluding hydrogens is 303 g/mol. The molecule has 1 atom stereocenters. The second-order valence-corrected chi connectivity index (χ2v) is 6.37. The lowest BCUT2D eigenvalue weighted by atomic mass is 10.1. The van der Waals surface area contributed by atoms with E-state index >= 15 is 0 Å². The Morgan fingerprint density at radius 1 is 1.50 bits per heavy atom. The summed E-state index contributed by atoms with van der Waals surface area (Å²) in [6, 6.07) is 6.70. The van der Waals surface area contributed by atoms with Gasteiger partial charge in [0.2, 0.25) is 0 Å². The van der Waals surface area contributed by atoms with E-state index in [-0.39, 0.29) is 17.8 Å². The molecule has 1 fully saturated rings. The number of hydrogen-bond donors (Lipinski definition) is 1. The molecule has 3 rings (SSSR count). The first-order valence-electron chi connectivity index (χ1n) is 7.25. The lowest BCUT2D eigenvalue weighted by molar-refractivity contribution is -0.124. The number of halogens is 1. The van der Waals surface area contributed by atoms with E-state index in [4.69, 9.17) is 4.74 Å². The number of hydrogen-bond acceptors (Lipinski definition) is 4. The fraction of sp³-hybridized carbons (Fsp3) is 0.375. The minimum Gasteiger partial charge on any atom is -0.368 e. The number of aryl methyl sites for hydroxylation is 1. The van der Waals surface area contributed by atoms with Gasteiger partial charge in [0, 0.05) is 17.9 Å². The SMILES string of the molecule is Cc1nc(NC(=O)[C@@H]2CCCO2)sc1Cc1ccccc1F. The van der Waals surface area contributed by atoms with Crippen LogP contribution in [-0.4, -0.2) is 23.6 Å². The Labute approximate surface area is 132 Å². The summed E-state index contributed by atoms with van der Waals surface area (Å²) < 4.78 is 19.1. The molecule has 6 heteroatoms. The molecule has 0 unspecified atom stereocenters. The summed E-state index contributed by atoms with van der Waals surface area (Å²) in [5, 5.41) is 3.34. The fourth-order valence-corrected chi connectivity index (χ4v) is 3.42. The number of aromatic nitrogens is 1. The van der Waals surface area contributed by atoms with Crippen LogP contribution in [0, 0.1) is 12.7 Å². The number of nitrogens with one attached hydrogen (secondary N) is 1. The highest BCUT2D eigenvalue weighted by atomic mass is 32.1. The third-order valence-corrected chi connectivity index (χ3v) is 4.73. The van der Waals surface area contributed by atoms with Gasteiger partial charge in [0.1, 0.15) is 11.9 Å². The smallest absolute Gasteiger partial charge is 0.255 e. The Hall–Kier alpha value is -1.79. The van der Waals surface area contributed by atoms with Gasteiger partial charge in [-0.1, -0.05) is 18.2 Å². The molecule has 116 valence electrons. The number of ether oxygens (including phenoxy) is 1. The predicted octanol–water partition coefficient (Wildman–Crippen LogP) is 3.30. The Bertz CT molecular complexity index is 681. The van der Waals surface area contributed by atoms with Gasteiger partial charge >= 0.3 is 0 Å². The molecule has 1 saturated heterocycles. The summed E-state index contributed by atoms with van der Waals surface area (Å²) in [6.45, 7) is 2.50. The van der Waals surface area contributed by atoms with Gasteiger partial charge in [0.05, 0.1) is 5.69 Å². The van der Waals surface area contributed by atoms with E-state index in [1.807, 2.05) is 13.0 Å². The van der Waals surface area contributed by atoms with Gasteiger partial charge in [-0.3, -0.25) is 10.1 Å². The normalized spacial score (nSPS) is 17.6. The van der Waals surface area contributed by atoms with E-state index in [0.29, 0.717) is 23.7 Å². The van der Waals surface area contributed by atoms with Gasteiger partial charge in [-0.05, 0) is 31.4 Å². The molecule has 1 aromatic carbocycles. The lowest BCUT2D eigenvalue weighted by Crippen LogP contribution is -2.26. The summed E-state index contributed by atoms with van der Waals surface area (Å²) in [5.41, 5.74) is 1.45. The summed E-state index contributed by atoms with van der Waals surface area (Å²) in [7, 11) is 0. The van der Waals surface area contributed by atoms with Crippen LogP contribution in [0.2, 0.25) is 0 Å². The second kappa shape index (κ2) is 6.54. The van der Waals surface area contributed by atoms with E-state index in [0.717, 1.165) is 23.4 Å². The van der Waals surface area contributed by atoms with Crippen molar-refractivity contribution in [2.75, 3.05) is 11.9 Å². The minimum atomic E-state index is -0.376. The van der Waals surface area contributed by atoms with E-state index in [9.17, 15) is 9.18 Å². The number of carbonyl (C=O) groups is 1. The Balaban J connectivity index is 1.71. The molecule has 0 radical (unpaired) electrons. The van der Waals surface area contributed by atoms with Gasteiger partial charge < -0.3 is 4.74 Å². The first kappa shape index (κ1) is 15.1. The van der Waals surface area contributed by atoms with Gasteiger partial charge in [0.15, 0.2) is 5.13 Å². The standard InChI is InChI=1S/C16H17FN2O2S/c1-10-14(9-11-5-2-3-6-12(11)17)22-16(18-10)19-15(20)13-7-4-8-21-13/h2-3,5-6,13H,4,7-9H2,1H3,(H,18,19,20)/t13-/m0/s1. The molecule has 1 aromatic heterocycles. The molecule has 1 N–H and O–H groups in total. The van der Waals surface area contributed by atoms with Crippen LogP contribution in [0.5, 0.6) is 0 Å². The molecule has 1 aliphatic rings. The molecule has 0 bridgehead atoms. The summed E-state index contributed by atoms with van der Waals surface area (Å²) in [5.74, 6) is -0.371. The predicted molar refractivity (Wildman–Crippen MR) is 83.7 cm³/mol. The molecule has 0 aliphatic carbocycles. The van der Waals surface area contributed by atoms with Crippen LogP contribution in [0.25, 0.3) is 0 Å². The minimum absolute atomic E-state index is 0.149. The molecule has 0 spiro atoms. The lowest BCUT2D eigenvalue weighted by Gasteiger charge is -2.07. The van der Waals surface area contributed by atoms with Crippen molar-refractivity contribution >= 4 is 22.4 Å². The average Bonchev–Trinajstić information content (AvgIpc) is 3.12. The third kappa shape index (κ3) is 3.34. The highest BCUT2D eigenvalue weighted by Crippen LogP contribution is 2.26. The van der Waals surface area contributed by atoms with Crippen LogP contribution in [0.15, 0.2) is 24.3 Å². The monoisotopic (exact) mass is 320 g/mol. The molecule has 0 saturated carbocycles. The van der Waals surface area contributed by atoms with Crippen molar-refractivity contribution in [1.29, 1.82) is 0 Å². The average molecular weight is 320 g/mol. The Morgan fingerprint density at radius 2 is 2.32 bits per heavy atom. The molecular formula is C16H17FN2O2S. The van der Waals surface area contributed by atoms with E-state index in [1.54, 1.807) is 12.1 Å². The van der Waals surface area contributed by atoms with Crippen LogP contribution >= 0.6 is 11.3 Å². The molecule has 1 aliphatic heterocycles. The number of amides is 1. The number of anilines is 1. The van der Waals surface area contributed by atoms with Gasteiger partial charge in [-0.2, -0.15) is 0 Å². The van der Waals surface area contributed by atoms with Crippen molar-refractivity contribution in [2.24, 2.45) is 0 Å². The fourth-order valence-electron chi connectivity index (χ4n) is 2.43. The van der Waals surface area contributed by atoms with Gasteiger partial charge in [-0.15, -0.1) is 11.3 Å². The molecule has 2 aromatic rings. The second-order valence-electron chi connectivity index (χ2n) is 5.29. The maximum Gasteiger partial charge on any atom is 0.255 e. The number of carbonyl (C=O) groups excluding carboxylic acids is 1. The van der Waals surface area contributed by atoms with E-state index in [2.05, 4.69) is 10.3 Å². The summed E-state index contributed by atoms with van der Waals surface area (Å²) in [6.07, 6.45) is 1.76. The number of benzene rings is 1. The molecule has 22 heavy (non-hydrogen) atoms. The van der Waals surface area contributed by atoms with Crippen molar-refractivity contribution in [1.82, 2.24) is 4.98 Å². The topological polar surface area (TPSA) is 51.2 Å². The van der Waals surface area contributed by atoms with Crippen LogP contribution < -0.4 is 5.32 Å². The maximum atomic E-state index is 13.7. The zero-order valence-corrected chi connectivity index (χ0v) is 13.1. The largest absolute Gasteiger partial charge is 0.368 e. The van der Waals surface area contributed by atoms with Crippen LogP contribution in [-0.2, 0) is 16.0 Å². The van der Waals surface area contributed by atoms with Gasteiger partial charge in [0.25, 0.3) is 5.91 Å². The highest BCUT2D eigenvalue weighted by molar-refractivity contribution is 7.15. The number of rotatable bonds is 4.